The minimum absolute atomic E-state index is 0.183. The van der Waals surface area contributed by atoms with Gasteiger partial charge in [0.15, 0.2) is 5.69 Å². The molecular formula is C11H9F2NO4. The van der Waals surface area contributed by atoms with Crippen molar-refractivity contribution >= 4 is 5.97 Å². The van der Waals surface area contributed by atoms with Gasteiger partial charge in [-0.3, -0.25) is 0 Å². The molecule has 0 bridgehead atoms. The van der Waals surface area contributed by atoms with Gasteiger partial charge in [-0.25, -0.2) is 18.6 Å². The first-order chi connectivity index (χ1) is 8.40. The molecule has 0 aliphatic heterocycles. The summed E-state index contributed by atoms with van der Waals surface area (Å²) in [6, 6.07) is 1.54. The number of aromatic nitrogens is 1. The van der Waals surface area contributed by atoms with Crippen LogP contribution in [-0.2, 0) is 0 Å². The van der Waals surface area contributed by atoms with E-state index in [0.717, 1.165) is 0 Å². The standard InChI is InChI=1S/C11H9F2NO4/c1-4-3-6(5(2)17-4)10-14-7(9(12)13)8(18-10)11(15)16/h3,9H,1-2H3,(H,15,16). The highest BCUT2D eigenvalue weighted by molar-refractivity contribution is 5.86. The van der Waals surface area contributed by atoms with Crippen molar-refractivity contribution in [3.63, 3.8) is 0 Å². The quantitative estimate of drug-likeness (QED) is 0.913. The van der Waals surface area contributed by atoms with Crippen LogP contribution in [0.5, 0.6) is 0 Å². The topological polar surface area (TPSA) is 76.5 Å². The van der Waals surface area contributed by atoms with Crippen molar-refractivity contribution < 1.29 is 27.5 Å². The Morgan fingerprint density at radius 1 is 1.39 bits per heavy atom. The van der Waals surface area contributed by atoms with Gasteiger partial charge in [0.25, 0.3) is 6.43 Å². The Balaban J connectivity index is 2.56. The number of carboxylic acids is 1. The number of carboxylic acid groups (broad SMARTS) is 1. The SMILES string of the molecule is Cc1cc(-c2nc(C(F)F)c(C(=O)O)o2)c(C)o1. The van der Waals surface area contributed by atoms with Crippen molar-refractivity contribution in [3.05, 3.63) is 29.0 Å². The zero-order valence-corrected chi connectivity index (χ0v) is 9.53. The van der Waals surface area contributed by atoms with E-state index in [0.29, 0.717) is 17.1 Å². The van der Waals surface area contributed by atoms with Crippen molar-refractivity contribution in [3.8, 4) is 11.5 Å². The van der Waals surface area contributed by atoms with Gasteiger partial charge in [-0.1, -0.05) is 0 Å². The van der Waals surface area contributed by atoms with E-state index in [-0.39, 0.29) is 5.89 Å². The second-order valence-electron chi connectivity index (χ2n) is 3.67. The molecule has 0 radical (unpaired) electrons. The predicted octanol–water partition coefficient (Wildman–Crippen LogP) is 3.19. The zero-order valence-electron chi connectivity index (χ0n) is 9.53. The molecule has 1 N–H and O–H groups in total. The molecule has 7 heteroatoms. The summed E-state index contributed by atoms with van der Waals surface area (Å²) in [7, 11) is 0. The van der Waals surface area contributed by atoms with Crippen LogP contribution in [0, 0.1) is 13.8 Å². The molecule has 5 nitrogen and oxygen atoms in total. The van der Waals surface area contributed by atoms with E-state index in [1.54, 1.807) is 19.9 Å². The smallest absolute Gasteiger partial charge is 0.374 e. The van der Waals surface area contributed by atoms with Crippen LogP contribution in [0.1, 0.15) is 34.2 Å². The highest BCUT2D eigenvalue weighted by Gasteiger charge is 2.27. The lowest BCUT2D eigenvalue weighted by Gasteiger charge is -1.91. The number of aryl methyl sites for hydroxylation is 2. The van der Waals surface area contributed by atoms with E-state index in [2.05, 4.69) is 4.98 Å². The van der Waals surface area contributed by atoms with Gasteiger partial charge in [0.2, 0.25) is 11.7 Å². The van der Waals surface area contributed by atoms with E-state index in [1.807, 2.05) is 0 Å². The van der Waals surface area contributed by atoms with E-state index in [1.165, 1.54) is 0 Å². The van der Waals surface area contributed by atoms with Crippen LogP contribution in [0.4, 0.5) is 8.78 Å². The van der Waals surface area contributed by atoms with E-state index >= 15 is 0 Å². The fourth-order valence-electron chi connectivity index (χ4n) is 1.59. The molecule has 2 rings (SSSR count). The van der Waals surface area contributed by atoms with Crippen molar-refractivity contribution in [2.75, 3.05) is 0 Å². The summed E-state index contributed by atoms with van der Waals surface area (Å²) in [6.45, 7) is 3.28. The molecule has 0 saturated heterocycles. The van der Waals surface area contributed by atoms with E-state index in [9.17, 15) is 13.6 Å². The summed E-state index contributed by atoms with van der Waals surface area (Å²) in [6.07, 6.45) is -3.01. The molecule has 0 spiro atoms. The highest BCUT2D eigenvalue weighted by atomic mass is 19.3. The molecule has 18 heavy (non-hydrogen) atoms. The molecule has 0 amide bonds. The highest BCUT2D eigenvalue weighted by Crippen LogP contribution is 2.31. The largest absolute Gasteiger partial charge is 0.475 e. The number of rotatable bonds is 3. The van der Waals surface area contributed by atoms with Gasteiger partial charge >= 0.3 is 5.97 Å². The van der Waals surface area contributed by atoms with E-state index < -0.39 is 23.8 Å². The molecule has 0 fully saturated rings. The summed E-state index contributed by atoms with van der Waals surface area (Å²) in [5.41, 5.74) is -0.516. The van der Waals surface area contributed by atoms with Crippen LogP contribution in [0.2, 0.25) is 0 Å². The molecule has 0 saturated carbocycles. The first-order valence-electron chi connectivity index (χ1n) is 4.99. The summed E-state index contributed by atoms with van der Waals surface area (Å²) in [5, 5.41) is 8.76. The number of halogens is 2. The Morgan fingerprint density at radius 2 is 2.06 bits per heavy atom. The Hall–Kier alpha value is -2.18. The van der Waals surface area contributed by atoms with Crippen molar-refractivity contribution in [1.29, 1.82) is 0 Å². The van der Waals surface area contributed by atoms with Gasteiger partial charge < -0.3 is 13.9 Å². The van der Waals surface area contributed by atoms with Gasteiger partial charge in [-0.05, 0) is 19.9 Å². The first-order valence-corrected chi connectivity index (χ1v) is 4.99. The summed E-state index contributed by atoms with van der Waals surface area (Å²) in [5.74, 6) is -1.64. The van der Waals surface area contributed by atoms with Crippen LogP contribution >= 0.6 is 0 Å². The molecule has 0 aliphatic carbocycles. The van der Waals surface area contributed by atoms with Crippen LogP contribution in [0.3, 0.4) is 0 Å². The summed E-state index contributed by atoms with van der Waals surface area (Å²) in [4.78, 5) is 14.3. The number of hydrogen-bond donors (Lipinski definition) is 1. The molecule has 0 aromatic carbocycles. The van der Waals surface area contributed by atoms with Crippen LogP contribution in [0.15, 0.2) is 14.9 Å². The fraction of sp³-hybridized carbons (Fsp3) is 0.273. The third-order valence-corrected chi connectivity index (χ3v) is 2.33. The Labute approximate surface area is 100 Å². The third-order valence-electron chi connectivity index (χ3n) is 2.33. The number of hydrogen-bond acceptors (Lipinski definition) is 4. The molecule has 96 valence electrons. The summed E-state index contributed by atoms with van der Waals surface area (Å²) >= 11 is 0. The van der Waals surface area contributed by atoms with Crippen LogP contribution in [-0.4, -0.2) is 16.1 Å². The maximum Gasteiger partial charge on any atom is 0.374 e. The molecule has 2 aromatic rings. The lowest BCUT2D eigenvalue weighted by atomic mass is 10.2. The number of alkyl halides is 2. The van der Waals surface area contributed by atoms with Gasteiger partial charge in [-0.15, -0.1) is 0 Å². The predicted molar refractivity (Wildman–Crippen MR) is 55.6 cm³/mol. The average molecular weight is 257 g/mol. The first kappa shape index (κ1) is 12.3. The Morgan fingerprint density at radius 3 is 2.44 bits per heavy atom. The minimum atomic E-state index is -3.01. The number of nitrogens with zero attached hydrogens (tertiary/aromatic N) is 1. The molecule has 0 atom stereocenters. The number of aromatic carboxylic acids is 1. The number of oxazole rings is 1. The van der Waals surface area contributed by atoms with Gasteiger partial charge in [-0.2, -0.15) is 0 Å². The van der Waals surface area contributed by atoms with Gasteiger partial charge in [0.05, 0.1) is 5.56 Å². The second-order valence-corrected chi connectivity index (χ2v) is 3.67. The number of carbonyl (C=O) groups is 1. The molecule has 0 aliphatic rings. The maximum atomic E-state index is 12.6. The van der Waals surface area contributed by atoms with Crippen LogP contribution < -0.4 is 0 Å². The van der Waals surface area contributed by atoms with Crippen LogP contribution in [0.25, 0.3) is 11.5 Å². The Kier molecular flexibility index (Phi) is 2.90. The molecule has 2 aromatic heterocycles. The van der Waals surface area contributed by atoms with Crippen molar-refractivity contribution in [2.24, 2.45) is 0 Å². The second kappa shape index (κ2) is 4.25. The normalized spacial score (nSPS) is 11.2. The molecule has 0 unspecified atom stereocenters. The fourth-order valence-corrected chi connectivity index (χ4v) is 1.59. The molecule has 2 heterocycles. The van der Waals surface area contributed by atoms with Crippen molar-refractivity contribution in [1.82, 2.24) is 4.98 Å². The lowest BCUT2D eigenvalue weighted by Crippen LogP contribution is -1.99. The van der Waals surface area contributed by atoms with Crippen molar-refractivity contribution in [2.45, 2.75) is 20.3 Å². The van der Waals surface area contributed by atoms with Gasteiger partial charge in [0.1, 0.15) is 11.5 Å². The number of furan rings is 1. The lowest BCUT2D eigenvalue weighted by molar-refractivity contribution is 0.0646. The third kappa shape index (κ3) is 1.99. The van der Waals surface area contributed by atoms with E-state index in [4.69, 9.17) is 13.9 Å². The maximum absolute atomic E-state index is 12.6. The van der Waals surface area contributed by atoms with Gasteiger partial charge in [0, 0.05) is 0 Å². The monoisotopic (exact) mass is 257 g/mol. The zero-order chi connectivity index (χ0) is 13.4. The minimum Gasteiger partial charge on any atom is -0.475 e. The summed E-state index contributed by atoms with van der Waals surface area (Å²) < 4.78 is 35.3. The average Bonchev–Trinajstić information content (AvgIpc) is 2.81. The Bertz CT molecular complexity index is 600. The molecular weight excluding hydrogens is 248 g/mol.